The highest BCUT2D eigenvalue weighted by atomic mass is 16.4. The predicted octanol–water partition coefficient (Wildman–Crippen LogP) is 5.68. The monoisotopic (exact) mass is 478 g/mol. The maximum atomic E-state index is 12.6. The molecule has 0 bridgehead atoms. The molecule has 36 heavy (non-hydrogen) atoms. The molecule has 6 rings (SSSR count). The largest absolute Gasteiger partial charge is 0.478 e. The summed E-state index contributed by atoms with van der Waals surface area (Å²) in [6.45, 7) is 0. The lowest BCUT2D eigenvalue weighted by Crippen LogP contribution is -2.17. The molecule has 0 aromatic heterocycles. The highest BCUT2D eigenvalue weighted by molar-refractivity contribution is 6.43. The molecule has 0 aliphatic rings. The van der Waals surface area contributed by atoms with E-state index in [0.29, 0.717) is 21.5 Å². The normalized spacial score (nSPS) is 11.7. The van der Waals surface area contributed by atoms with E-state index in [4.69, 9.17) is 0 Å². The Hall–Kier alpha value is -5.24. The Balaban J connectivity index is 2.15. The molecule has 8 nitrogen and oxygen atoms in total. The van der Waals surface area contributed by atoms with E-state index in [0.717, 1.165) is 10.8 Å². The highest BCUT2D eigenvalue weighted by Crippen LogP contribution is 2.47. The summed E-state index contributed by atoms with van der Waals surface area (Å²) in [5, 5.41) is 44.3. The van der Waals surface area contributed by atoms with Crippen LogP contribution in [0.4, 0.5) is 0 Å². The molecule has 0 spiro atoms. The number of hydrogen-bond acceptors (Lipinski definition) is 4. The van der Waals surface area contributed by atoms with Crippen molar-refractivity contribution in [1.29, 1.82) is 0 Å². The Kier molecular flexibility index (Phi) is 4.22. The Morgan fingerprint density at radius 1 is 0.444 bits per heavy atom. The minimum absolute atomic E-state index is 0.0179. The number of hydrogen-bond donors (Lipinski definition) is 4. The number of carboxylic acids is 4. The van der Waals surface area contributed by atoms with E-state index in [9.17, 15) is 39.6 Å². The van der Waals surface area contributed by atoms with Gasteiger partial charge in [0.15, 0.2) is 0 Å². The zero-order valence-electron chi connectivity index (χ0n) is 18.2. The van der Waals surface area contributed by atoms with Crippen molar-refractivity contribution in [2.24, 2.45) is 0 Å². The fraction of sp³-hybridized carbons (Fsp3) is 0. The molecule has 6 aromatic carbocycles. The van der Waals surface area contributed by atoms with E-state index < -0.39 is 40.6 Å². The summed E-state index contributed by atoms with van der Waals surface area (Å²) < 4.78 is 0. The number of benzene rings is 6. The van der Waals surface area contributed by atoms with Gasteiger partial charge in [-0.2, -0.15) is 0 Å². The van der Waals surface area contributed by atoms with Gasteiger partial charge in [0.1, 0.15) is 0 Å². The summed E-state index contributed by atoms with van der Waals surface area (Å²) in [6, 6.07) is 17.0. The van der Waals surface area contributed by atoms with E-state index in [1.807, 2.05) is 30.3 Å². The first-order chi connectivity index (χ1) is 17.2. The quantitative estimate of drug-likeness (QED) is 0.187. The van der Waals surface area contributed by atoms with Crippen LogP contribution in [0, 0.1) is 0 Å². The Morgan fingerprint density at radius 3 is 1.72 bits per heavy atom. The van der Waals surface area contributed by atoms with E-state index in [-0.39, 0.29) is 27.1 Å². The fourth-order valence-electron chi connectivity index (χ4n) is 5.53. The maximum absolute atomic E-state index is 12.6. The van der Waals surface area contributed by atoms with Crippen molar-refractivity contribution in [3.63, 3.8) is 0 Å². The Labute approximate surface area is 200 Å². The zero-order chi connectivity index (χ0) is 25.5. The lowest BCUT2D eigenvalue weighted by Gasteiger charge is -2.21. The summed E-state index contributed by atoms with van der Waals surface area (Å²) >= 11 is 0. The van der Waals surface area contributed by atoms with Gasteiger partial charge in [-0.05, 0) is 55.2 Å². The molecule has 8 heteroatoms. The second-order valence-electron chi connectivity index (χ2n) is 8.51. The van der Waals surface area contributed by atoms with Crippen molar-refractivity contribution in [3.05, 3.63) is 82.9 Å². The second kappa shape index (κ2) is 7.13. The molecule has 0 saturated carbocycles. The Bertz CT molecular complexity index is 2000. The number of fused-ring (bicyclic) bond motifs is 4. The number of carbonyl (C=O) groups is 4. The van der Waals surface area contributed by atoms with E-state index in [2.05, 4.69) is 0 Å². The third kappa shape index (κ3) is 2.58. The van der Waals surface area contributed by atoms with E-state index in [1.165, 1.54) is 12.1 Å². The summed E-state index contributed by atoms with van der Waals surface area (Å²) in [5.41, 5.74) is -2.52. The van der Waals surface area contributed by atoms with Gasteiger partial charge in [0.05, 0.1) is 22.3 Å². The molecular weight excluding hydrogens is 464 g/mol. The second-order valence-corrected chi connectivity index (χ2v) is 8.51. The maximum Gasteiger partial charge on any atom is 0.337 e. The van der Waals surface area contributed by atoms with Crippen LogP contribution in [-0.2, 0) is 0 Å². The van der Waals surface area contributed by atoms with Gasteiger partial charge in [-0.15, -0.1) is 0 Å². The first-order valence-electron chi connectivity index (χ1n) is 10.8. The van der Waals surface area contributed by atoms with Gasteiger partial charge in [-0.3, -0.25) is 0 Å². The summed E-state index contributed by atoms with van der Waals surface area (Å²) in [4.78, 5) is 49.6. The lowest BCUT2D eigenvalue weighted by atomic mass is 9.80. The van der Waals surface area contributed by atoms with Crippen LogP contribution in [0.1, 0.15) is 41.4 Å². The van der Waals surface area contributed by atoms with Crippen LogP contribution in [0.25, 0.3) is 53.9 Å². The van der Waals surface area contributed by atoms with Crippen molar-refractivity contribution >= 4 is 77.7 Å². The summed E-state index contributed by atoms with van der Waals surface area (Å²) in [5.74, 6) is -6.33. The topological polar surface area (TPSA) is 149 Å². The molecule has 0 radical (unpaired) electrons. The van der Waals surface area contributed by atoms with Gasteiger partial charge in [0.25, 0.3) is 0 Å². The lowest BCUT2D eigenvalue weighted by molar-refractivity contribution is 0.0635. The van der Waals surface area contributed by atoms with Crippen LogP contribution in [0.2, 0.25) is 0 Å². The predicted molar refractivity (Wildman–Crippen MR) is 133 cm³/mol. The van der Waals surface area contributed by atoms with Crippen LogP contribution < -0.4 is 0 Å². The van der Waals surface area contributed by atoms with Crippen LogP contribution in [0.5, 0.6) is 0 Å². The van der Waals surface area contributed by atoms with E-state index >= 15 is 0 Å². The van der Waals surface area contributed by atoms with Gasteiger partial charge in [-0.1, -0.05) is 48.5 Å². The highest BCUT2D eigenvalue weighted by Gasteiger charge is 2.33. The van der Waals surface area contributed by atoms with Crippen molar-refractivity contribution in [1.82, 2.24) is 0 Å². The molecule has 0 amide bonds. The van der Waals surface area contributed by atoms with Crippen LogP contribution >= 0.6 is 0 Å². The fourth-order valence-corrected chi connectivity index (χ4v) is 5.53. The molecular formula is C28H14O8. The van der Waals surface area contributed by atoms with Crippen LogP contribution in [-0.4, -0.2) is 44.3 Å². The number of carboxylic acid groups (broad SMARTS) is 4. The molecule has 6 aromatic rings. The van der Waals surface area contributed by atoms with Gasteiger partial charge >= 0.3 is 23.9 Å². The summed E-state index contributed by atoms with van der Waals surface area (Å²) in [6.07, 6.45) is 0. The van der Waals surface area contributed by atoms with Crippen molar-refractivity contribution < 1.29 is 39.6 Å². The SMILES string of the molecule is O=C(O)c1c(C(=O)O)c2cccc3c2c(c1C(=O)O)c1c(C(=O)O)ccc2cc4ccccc4c3c21. The first-order valence-corrected chi connectivity index (χ1v) is 10.8. The average Bonchev–Trinajstić information content (AvgIpc) is 2.84. The minimum atomic E-state index is -1.73. The van der Waals surface area contributed by atoms with Gasteiger partial charge in [-0.25, -0.2) is 19.2 Å². The molecule has 0 unspecified atom stereocenters. The third-order valence-corrected chi connectivity index (χ3v) is 6.75. The molecule has 0 fully saturated rings. The first kappa shape index (κ1) is 21.3. The third-order valence-electron chi connectivity index (χ3n) is 6.75. The average molecular weight is 478 g/mol. The molecule has 4 N–H and O–H groups in total. The van der Waals surface area contributed by atoms with Crippen molar-refractivity contribution in [2.45, 2.75) is 0 Å². The zero-order valence-corrected chi connectivity index (χ0v) is 18.2. The molecule has 174 valence electrons. The smallest absolute Gasteiger partial charge is 0.337 e. The molecule has 0 aliphatic carbocycles. The molecule has 0 aliphatic heterocycles. The van der Waals surface area contributed by atoms with E-state index in [1.54, 1.807) is 18.2 Å². The minimum Gasteiger partial charge on any atom is -0.478 e. The van der Waals surface area contributed by atoms with Gasteiger partial charge < -0.3 is 20.4 Å². The standard InChI is InChI=1S/C28H14O8/c29-25(30)16-9-8-12-10-11-4-1-2-5-13(11)18-14-6-3-7-15-19(14)22(20(16)17(12)18)24(28(35)36)23(27(33)34)21(15)26(31)32/h1-10H,(H,29,30)(H,31,32)(H,33,34)(H,35,36). The number of rotatable bonds is 4. The molecule has 0 heterocycles. The van der Waals surface area contributed by atoms with Crippen LogP contribution in [0.15, 0.2) is 60.7 Å². The number of aromatic carboxylic acids is 4. The van der Waals surface area contributed by atoms with Crippen molar-refractivity contribution in [2.75, 3.05) is 0 Å². The van der Waals surface area contributed by atoms with Gasteiger partial charge in [0.2, 0.25) is 0 Å². The van der Waals surface area contributed by atoms with Crippen molar-refractivity contribution in [3.8, 4) is 0 Å². The summed E-state index contributed by atoms with van der Waals surface area (Å²) in [7, 11) is 0. The van der Waals surface area contributed by atoms with Gasteiger partial charge in [0, 0.05) is 10.8 Å². The Morgan fingerprint density at radius 2 is 1.06 bits per heavy atom. The molecule has 0 atom stereocenters. The van der Waals surface area contributed by atoms with Crippen LogP contribution in [0.3, 0.4) is 0 Å². The molecule has 0 saturated heterocycles.